The van der Waals surface area contributed by atoms with Crippen molar-refractivity contribution in [2.24, 2.45) is 0 Å². The summed E-state index contributed by atoms with van der Waals surface area (Å²) < 4.78 is 38.5. The molecular formula is C17H16ClF3N2O2S. The summed E-state index contributed by atoms with van der Waals surface area (Å²) in [4.78, 5) is 25.3. The number of amides is 2. The third-order valence-corrected chi connectivity index (χ3v) is 4.63. The molecule has 0 unspecified atom stereocenters. The van der Waals surface area contributed by atoms with Crippen LogP contribution in [0.15, 0.2) is 35.0 Å². The van der Waals surface area contributed by atoms with E-state index in [0.717, 1.165) is 17.7 Å². The third-order valence-electron chi connectivity index (χ3n) is 3.57. The standard InChI is InChI=1S/C17H16ClF3N2O2S/c1-23(16(25)5-2-11-6-7-26-10-11)9-15(24)22-12-3-4-14(18)13(8-12)17(19,20)21/h3-4,6-8,10H,2,5,9H2,1H3,(H,22,24). The van der Waals surface area contributed by atoms with Crippen LogP contribution in [0, 0.1) is 0 Å². The molecule has 140 valence electrons. The van der Waals surface area contributed by atoms with Crippen LogP contribution in [-0.4, -0.2) is 30.3 Å². The van der Waals surface area contributed by atoms with Crippen LogP contribution < -0.4 is 5.32 Å². The minimum atomic E-state index is -4.62. The molecule has 2 aromatic rings. The molecule has 9 heteroatoms. The van der Waals surface area contributed by atoms with E-state index in [2.05, 4.69) is 5.32 Å². The zero-order chi connectivity index (χ0) is 19.3. The van der Waals surface area contributed by atoms with Crippen LogP contribution in [0.25, 0.3) is 0 Å². The molecule has 0 aliphatic heterocycles. The minimum Gasteiger partial charge on any atom is -0.336 e. The predicted octanol–water partition coefficient (Wildman–Crippen LogP) is 4.45. The normalized spacial score (nSPS) is 11.3. The highest BCUT2D eigenvalue weighted by atomic mass is 35.5. The molecule has 2 amide bonds. The van der Waals surface area contributed by atoms with Crippen LogP contribution in [0.2, 0.25) is 5.02 Å². The highest BCUT2D eigenvalue weighted by Gasteiger charge is 2.33. The first-order chi connectivity index (χ1) is 12.2. The molecule has 1 aromatic carbocycles. The summed E-state index contributed by atoms with van der Waals surface area (Å²) in [7, 11) is 1.47. The molecule has 26 heavy (non-hydrogen) atoms. The maximum absolute atomic E-state index is 12.8. The Balaban J connectivity index is 1.90. The van der Waals surface area contributed by atoms with Crippen LogP contribution in [0.1, 0.15) is 17.5 Å². The summed E-state index contributed by atoms with van der Waals surface area (Å²) in [5.41, 5.74) is -0.0231. The van der Waals surface area contributed by atoms with E-state index < -0.39 is 22.7 Å². The summed E-state index contributed by atoms with van der Waals surface area (Å²) >= 11 is 7.07. The van der Waals surface area contributed by atoms with E-state index in [1.165, 1.54) is 29.4 Å². The fourth-order valence-electron chi connectivity index (χ4n) is 2.20. The zero-order valence-corrected chi connectivity index (χ0v) is 15.3. The number of nitrogens with zero attached hydrogens (tertiary/aromatic N) is 1. The molecule has 0 saturated carbocycles. The molecule has 1 heterocycles. The monoisotopic (exact) mass is 404 g/mol. The van der Waals surface area contributed by atoms with Gasteiger partial charge in [-0.1, -0.05) is 11.6 Å². The van der Waals surface area contributed by atoms with E-state index >= 15 is 0 Å². The predicted molar refractivity (Wildman–Crippen MR) is 95.4 cm³/mol. The Bertz CT molecular complexity index is 779. The molecule has 0 bridgehead atoms. The van der Waals surface area contributed by atoms with Gasteiger partial charge in [-0.25, -0.2) is 0 Å². The van der Waals surface area contributed by atoms with Crippen LogP contribution >= 0.6 is 22.9 Å². The lowest BCUT2D eigenvalue weighted by atomic mass is 10.2. The van der Waals surface area contributed by atoms with Crippen LogP contribution in [0.5, 0.6) is 0 Å². The number of nitrogens with one attached hydrogen (secondary N) is 1. The van der Waals surface area contributed by atoms with Crippen LogP contribution in [0.4, 0.5) is 18.9 Å². The van der Waals surface area contributed by atoms with Crippen molar-refractivity contribution in [3.63, 3.8) is 0 Å². The number of likely N-dealkylation sites (N-methyl/N-ethyl adjacent to an activating group) is 1. The molecule has 0 aliphatic carbocycles. The van der Waals surface area contributed by atoms with Crippen LogP contribution in [-0.2, 0) is 22.2 Å². The highest BCUT2D eigenvalue weighted by Crippen LogP contribution is 2.36. The zero-order valence-electron chi connectivity index (χ0n) is 13.8. The van der Waals surface area contributed by atoms with Gasteiger partial charge < -0.3 is 10.2 Å². The Hall–Kier alpha value is -2.06. The highest BCUT2D eigenvalue weighted by molar-refractivity contribution is 7.07. The van der Waals surface area contributed by atoms with Crippen molar-refractivity contribution >= 4 is 40.4 Å². The first kappa shape index (κ1) is 20.3. The van der Waals surface area contributed by atoms with Gasteiger partial charge in [-0.15, -0.1) is 0 Å². The summed E-state index contributed by atoms with van der Waals surface area (Å²) in [6.07, 6.45) is -3.80. The number of carbonyl (C=O) groups is 2. The SMILES string of the molecule is CN(CC(=O)Nc1ccc(Cl)c(C(F)(F)F)c1)C(=O)CCc1ccsc1. The smallest absolute Gasteiger partial charge is 0.336 e. The molecular weight excluding hydrogens is 389 g/mol. The van der Waals surface area contributed by atoms with Gasteiger partial charge in [-0.3, -0.25) is 9.59 Å². The van der Waals surface area contributed by atoms with Crippen LogP contribution in [0.3, 0.4) is 0 Å². The van der Waals surface area contributed by atoms with E-state index in [4.69, 9.17) is 11.6 Å². The van der Waals surface area contributed by atoms with E-state index in [1.807, 2.05) is 16.8 Å². The Kier molecular flexibility index (Phi) is 6.66. The number of alkyl halides is 3. The average molecular weight is 405 g/mol. The van der Waals surface area contributed by atoms with Gasteiger partial charge in [-0.05, 0) is 47.0 Å². The molecule has 0 atom stereocenters. The molecule has 1 aromatic heterocycles. The Morgan fingerprint density at radius 3 is 2.62 bits per heavy atom. The number of hydrogen-bond donors (Lipinski definition) is 1. The Morgan fingerprint density at radius 2 is 2.00 bits per heavy atom. The first-order valence-corrected chi connectivity index (χ1v) is 8.90. The number of carbonyl (C=O) groups excluding carboxylic acids is 2. The van der Waals surface area contributed by atoms with E-state index in [0.29, 0.717) is 6.42 Å². The molecule has 0 fully saturated rings. The lowest BCUT2D eigenvalue weighted by Crippen LogP contribution is -2.35. The molecule has 1 N–H and O–H groups in total. The number of aryl methyl sites for hydroxylation is 1. The lowest BCUT2D eigenvalue weighted by molar-refractivity contribution is -0.137. The Labute approximate surface area is 157 Å². The molecule has 2 rings (SSSR count). The van der Waals surface area contributed by atoms with Gasteiger partial charge in [0.2, 0.25) is 11.8 Å². The van der Waals surface area contributed by atoms with E-state index in [-0.39, 0.29) is 24.6 Å². The van der Waals surface area contributed by atoms with Gasteiger partial charge in [0.25, 0.3) is 0 Å². The fourth-order valence-corrected chi connectivity index (χ4v) is 3.13. The van der Waals surface area contributed by atoms with Crippen molar-refractivity contribution in [1.29, 1.82) is 0 Å². The number of halogens is 4. The molecule has 0 aliphatic rings. The lowest BCUT2D eigenvalue weighted by Gasteiger charge is -2.17. The molecule has 0 radical (unpaired) electrons. The van der Waals surface area contributed by atoms with Crippen molar-refractivity contribution in [2.75, 3.05) is 18.9 Å². The van der Waals surface area contributed by atoms with Crippen molar-refractivity contribution in [1.82, 2.24) is 4.90 Å². The van der Waals surface area contributed by atoms with Crippen molar-refractivity contribution in [3.8, 4) is 0 Å². The number of thiophene rings is 1. The van der Waals surface area contributed by atoms with Gasteiger partial charge in [0.05, 0.1) is 17.1 Å². The van der Waals surface area contributed by atoms with Gasteiger partial charge in [0, 0.05) is 19.2 Å². The number of hydrogen-bond acceptors (Lipinski definition) is 3. The van der Waals surface area contributed by atoms with Crippen molar-refractivity contribution < 1.29 is 22.8 Å². The van der Waals surface area contributed by atoms with E-state index in [9.17, 15) is 22.8 Å². The second-order valence-electron chi connectivity index (χ2n) is 5.62. The summed E-state index contributed by atoms with van der Waals surface area (Å²) in [6, 6.07) is 5.02. The third kappa shape index (κ3) is 5.74. The molecule has 0 spiro atoms. The number of anilines is 1. The molecule has 0 saturated heterocycles. The second kappa shape index (κ2) is 8.55. The first-order valence-electron chi connectivity index (χ1n) is 7.58. The topological polar surface area (TPSA) is 49.4 Å². The van der Waals surface area contributed by atoms with Gasteiger partial charge >= 0.3 is 6.18 Å². The van der Waals surface area contributed by atoms with E-state index in [1.54, 1.807) is 0 Å². The summed E-state index contributed by atoms with van der Waals surface area (Å²) in [5, 5.41) is 5.76. The summed E-state index contributed by atoms with van der Waals surface area (Å²) in [6.45, 7) is -0.257. The maximum Gasteiger partial charge on any atom is 0.417 e. The Morgan fingerprint density at radius 1 is 1.27 bits per heavy atom. The molecule has 4 nitrogen and oxygen atoms in total. The second-order valence-corrected chi connectivity index (χ2v) is 6.81. The van der Waals surface area contributed by atoms with Crippen molar-refractivity contribution in [3.05, 3.63) is 51.2 Å². The number of rotatable bonds is 6. The average Bonchev–Trinajstić information content (AvgIpc) is 3.06. The van der Waals surface area contributed by atoms with Gasteiger partial charge in [0.1, 0.15) is 0 Å². The van der Waals surface area contributed by atoms with Crippen molar-refractivity contribution in [2.45, 2.75) is 19.0 Å². The van der Waals surface area contributed by atoms with Gasteiger partial charge in [0.15, 0.2) is 0 Å². The minimum absolute atomic E-state index is 0.0363. The largest absolute Gasteiger partial charge is 0.417 e. The number of benzene rings is 1. The maximum atomic E-state index is 12.8. The van der Waals surface area contributed by atoms with Gasteiger partial charge in [-0.2, -0.15) is 24.5 Å². The fraction of sp³-hybridized carbons (Fsp3) is 0.294. The summed E-state index contributed by atoms with van der Waals surface area (Å²) in [5.74, 6) is -0.815. The quantitative estimate of drug-likeness (QED) is 0.773.